The average molecular weight is 253 g/mol. The molecule has 0 radical (unpaired) electrons. The van der Waals surface area contributed by atoms with E-state index < -0.39 is 0 Å². The lowest BCUT2D eigenvalue weighted by molar-refractivity contribution is 0.827. The Labute approximate surface area is 108 Å². The van der Waals surface area contributed by atoms with Crippen molar-refractivity contribution in [2.24, 2.45) is 0 Å². The average Bonchev–Trinajstić information content (AvgIpc) is 2.30. The Hall–Kier alpha value is -0.580. The summed E-state index contributed by atoms with van der Waals surface area (Å²) in [5.74, 6) is 6.43. The van der Waals surface area contributed by atoms with Crippen LogP contribution in [-0.4, -0.2) is 6.26 Å². The van der Waals surface area contributed by atoms with Crippen molar-refractivity contribution in [2.45, 2.75) is 37.5 Å². The van der Waals surface area contributed by atoms with E-state index in [1.165, 1.54) is 23.3 Å². The molecule has 1 aromatic carbocycles. The van der Waals surface area contributed by atoms with E-state index in [1.54, 1.807) is 11.8 Å². The molecule has 0 N–H and O–H groups in total. The monoisotopic (exact) mass is 252 g/mol. The minimum absolute atomic E-state index is 0.798. The smallest absolute Gasteiger partial charge is 0.0417 e. The summed E-state index contributed by atoms with van der Waals surface area (Å²) in [6.07, 6.45) is 6.32. The second-order valence-electron chi connectivity index (χ2n) is 3.59. The Morgan fingerprint density at radius 1 is 1.31 bits per heavy atom. The third kappa shape index (κ3) is 4.51. The molecule has 0 bridgehead atoms. The van der Waals surface area contributed by atoms with Crippen molar-refractivity contribution >= 4 is 23.4 Å². The van der Waals surface area contributed by atoms with Crippen LogP contribution >= 0.6 is 23.4 Å². The first-order valence-corrected chi connectivity index (χ1v) is 7.16. The summed E-state index contributed by atoms with van der Waals surface area (Å²) in [4.78, 5) is 1.23. The highest BCUT2D eigenvalue weighted by molar-refractivity contribution is 7.98. The molecular weight excluding hydrogens is 236 g/mol. The van der Waals surface area contributed by atoms with Gasteiger partial charge in [-0.05, 0) is 30.4 Å². The molecule has 0 aliphatic heterocycles. The minimum atomic E-state index is 0.798. The first kappa shape index (κ1) is 13.5. The molecule has 0 saturated carbocycles. The molecule has 0 fully saturated rings. The van der Waals surface area contributed by atoms with Gasteiger partial charge in [0.15, 0.2) is 0 Å². The van der Waals surface area contributed by atoms with E-state index in [-0.39, 0.29) is 0 Å². The molecule has 0 unspecified atom stereocenters. The molecule has 0 heterocycles. The Morgan fingerprint density at radius 2 is 2.12 bits per heavy atom. The SMILES string of the molecule is CCCCC#CCc1ccc(Cl)cc1SC. The molecule has 0 nitrogen and oxygen atoms in total. The summed E-state index contributed by atoms with van der Waals surface area (Å²) >= 11 is 7.67. The maximum absolute atomic E-state index is 5.95. The highest BCUT2D eigenvalue weighted by Crippen LogP contribution is 2.24. The lowest BCUT2D eigenvalue weighted by Gasteiger charge is -2.03. The van der Waals surface area contributed by atoms with Gasteiger partial charge in [-0.1, -0.05) is 36.9 Å². The van der Waals surface area contributed by atoms with Gasteiger partial charge in [0.25, 0.3) is 0 Å². The second kappa shape index (κ2) is 7.65. The molecular formula is C14H17ClS. The first-order valence-electron chi connectivity index (χ1n) is 5.56. The minimum Gasteiger partial charge on any atom is -0.129 e. The number of unbranched alkanes of at least 4 members (excludes halogenated alkanes) is 2. The van der Waals surface area contributed by atoms with E-state index in [0.717, 1.165) is 17.9 Å². The van der Waals surface area contributed by atoms with Gasteiger partial charge in [-0.25, -0.2) is 0 Å². The molecule has 0 amide bonds. The standard InChI is InChI=1S/C14H17ClS/c1-3-4-5-6-7-8-12-9-10-13(15)11-14(12)16-2/h9-11H,3-5,8H2,1-2H3. The molecule has 0 atom stereocenters. The molecule has 0 aromatic heterocycles. The molecule has 0 saturated heterocycles. The van der Waals surface area contributed by atoms with Gasteiger partial charge in [0.1, 0.15) is 0 Å². The van der Waals surface area contributed by atoms with E-state index in [2.05, 4.69) is 31.1 Å². The third-order valence-electron chi connectivity index (χ3n) is 2.31. The van der Waals surface area contributed by atoms with Gasteiger partial charge in [-0.15, -0.1) is 17.7 Å². The van der Waals surface area contributed by atoms with Crippen LogP contribution in [0.1, 0.15) is 31.7 Å². The van der Waals surface area contributed by atoms with E-state index in [9.17, 15) is 0 Å². The molecule has 1 rings (SSSR count). The number of thioether (sulfide) groups is 1. The van der Waals surface area contributed by atoms with Gasteiger partial charge < -0.3 is 0 Å². The van der Waals surface area contributed by atoms with Crippen LogP contribution in [0.25, 0.3) is 0 Å². The predicted molar refractivity (Wildman–Crippen MR) is 74.2 cm³/mol. The summed E-state index contributed by atoms with van der Waals surface area (Å²) in [5, 5.41) is 0.798. The lowest BCUT2D eigenvalue weighted by atomic mass is 10.1. The third-order valence-corrected chi connectivity index (χ3v) is 3.36. The van der Waals surface area contributed by atoms with Crippen LogP contribution in [0, 0.1) is 11.8 Å². The molecule has 0 aliphatic rings. The van der Waals surface area contributed by atoms with Crippen molar-refractivity contribution in [1.29, 1.82) is 0 Å². The van der Waals surface area contributed by atoms with Gasteiger partial charge in [0.2, 0.25) is 0 Å². The van der Waals surface area contributed by atoms with Crippen LogP contribution in [0.5, 0.6) is 0 Å². The molecule has 86 valence electrons. The maximum atomic E-state index is 5.95. The Balaban J connectivity index is 2.61. The van der Waals surface area contributed by atoms with E-state index in [0.29, 0.717) is 0 Å². The number of rotatable bonds is 4. The Bertz CT molecular complexity index is 387. The maximum Gasteiger partial charge on any atom is 0.0417 e. The largest absolute Gasteiger partial charge is 0.129 e. The van der Waals surface area contributed by atoms with E-state index in [1.807, 2.05) is 12.1 Å². The fourth-order valence-corrected chi connectivity index (χ4v) is 2.26. The van der Waals surface area contributed by atoms with Crippen LogP contribution in [0.15, 0.2) is 23.1 Å². The first-order chi connectivity index (χ1) is 7.77. The highest BCUT2D eigenvalue weighted by Gasteiger charge is 2.00. The molecule has 2 heteroatoms. The van der Waals surface area contributed by atoms with Crippen molar-refractivity contribution in [3.8, 4) is 11.8 Å². The van der Waals surface area contributed by atoms with Crippen LogP contribution in [0.3, 0.4) is 0 Å². The van der Waals surface area contributed by atoms with E-state index in [4.69, 9.17) is 11.6 Å². The molecule has 0 spiro atoms. The van der Waals surface area contributed by atoms with Gasteiger partial charge in [-0.2, -0.15) is 0 Å². The van der Waals surface area contributed by atoms with Gasteiger partial charge in [0, 0.05) is 22.8 Å². The summed E-state index contributed by atoms with van der Waals surface area (Å²) in [5.41, 5.74) is 1.28. The van der Waals surface area contributed by atoms with Gasteiger partial charge in [0.05, 0.1) is 0 Å². The predicted octanol–water partition coefficient (Wildman–Crippen LogP) is 4.80. The number of halogens is 1. The summed E-state index contributed by atoms with van der Waals surface area (Å²) in [7, 11) is 0. The van der Waals surface area contributed by atoms with Crippen LogP contribution < -0.4 is 0 Å². The Kier molecular flexibility index (Phi) is 6.45. The van der Waals surface area contributed by atoms with E-state index >= 15 is 0 Å². The fraction of sp³-hybridized carbons (Fsp3) is 0.429. The number of hydrogen-bond donors (Lipinski definition) is 0. The topological polar surface area (TPSA) is 0 Å². The molecule has 0 aliphatic carbocycles. The second-order valence-corrected chi connectivity index (χ2v) is 4.87. The quantitative estimate of drug-likeness (QED) is 0.422. The number of benzene rings is 1. The normalized spacial score (nSPS) is 9.69. The van der Waals surface area contributed by atoms with Crippen LogP contribution in [-0.2, 0) is 6.42 Å². The van der Waals surface area contributed by atoms with Gasteiger partial charge >= 0.3 is 0 Å². The summed E-state index contributed by atoms with van der Waals surface area (Å²) in [6, 6.07) is 6.02. The highest BCUT2D eigenvalue weighted by atomic mass is 35.5. The molecule has 1 aromatic rings. The molecule has 16 heavy (non-hydrogen) atoms. The summed E-state index contributed by atoms with van der Waals surface area (Å²) < 4.78 is 0. The zero-order valence-corrected chi connectivity index (χ0v) is 11.4. The Morgan fingerprint density at radius 3 is 2.81 bits per heavy atom. The van der Waals surface area contributed by atoms with Crippen molar-refractivity contribution in [2.75, 3.05) is 6.26 Å². The van der Waals surface area contributed by atoms with Crippen molar-refractivity contribution in [3.05, 3.63) is 28.8 Å². The van der Waals surface area contributed by atoms with Crippen LogP contribution in [0.4, 0.5) is 0 Å². The summed E-state index contributed by atoms with van der Waals surface area (Å²) in [6.45, 7) is 2.19. The van der Waals surface area contributed by atoms with Crippen molar-refractivity contribution in [3.63, 3.8) is 0 Å². The lowest BCUT2D eigenvalue weighted by Crippen LogP contribution is -1.85. The van der Waals surface area contributed by atoms with Crippen molar-refractivity contribution < 1.29 is 0 Å². The number of hydrogen-bond acceptors (Lipinski definition) is 1. The van der Waals surface area contributed by atoms with Crippen LogP contribution in [0.2, 0.25) is 5.02 Å². The van der Waals surface area contributed by atoms with Crippen molar-refractivity contribution in [1.82, 2.24) is 0 Å². The zero-order chi connectivity index (χ0) is 11.8. The zero-order valence-electron chi connectivity index (χ0n) is 9.85. The fourth-order valence-electron chi connectivity index (χ4n) is 1.38. The van der Waals surface area contributed by atoms with Gasteiger partial charge in [-0.3, -0.25) is 0 Å².